The summed E-state index contributed by atoms with van der Waals surface area (Å²) in [5.74, 6) is -0.167. The highest BCUT2D eigenvalue weighted by molar-refractivity contribution is 5.87. The van der Waals surface area contributed by atoms with Gasteiger partial charge in [0.25, 0.3) is 0 Å². The molecule has 0 aromatic carbocycles. The molecule has 0 spiro atoms. The van der Waals surface area contributed by atoms with Gasteiger partial charge in [-0.05, 0) is 12.5 Å². The number of hydrogen-bond acceptors (Lipinski definition) is 1. The topological polar surface area (TPSA) is 20.3 Å². The molecule has 1 aliphatic rings. The van der Waals surface area contributed by atoms with Crippen molar-refractivity contribution in [1.82, 2.24) is 4.90 Å². The second-order valence-electron chi connectivity index (χ2n) is 2.37. The highest BCUT2D eigenvalue weighted by Crippen LogP contribution is 2.11. The maximum Gasteiger partial charge on any atom is 0.246 e. The molecule has 1 saturated heterocycles. The molecule has 3 heteroatoms. The molecule has 0 N–H and O–H groups in total. The van der Waals surface area contributed by atoms with Crippen molar-refractivity contribution in [3.8, 4) is 0 Å². The lowest BCUT2D eigenvalue weighted by molar-refractivity contribution is -0.125. The maximum atomic E-state index is 12.4. The molecule has 1 amide bonds. The number of carbonyl (C=O) groups is 1. The number of amides is 1. The predicted molar refractivity (Wildman–Crippen MR) is 36.3 cm³/mol. The fourth-order valence-electron chi connectivity index (χ4n) is 1.05. The van der Waals surface area contributed by atoms with Crippen molar-refractivity contribution in [1.29, 1.82) is 0 Å². The van der Waals surface area contributed by atoms with Crippen molar-refractivity contribution in [2.45, 2.75) is 12.6 Å². The first-order chi connectivity index (χ1) is 4.74. The van der Waals surface area contributed by atoms with Crippen LogP contribution in [0.25, 0.3) is 0 Å². The molecular weight excluding hydrogens is 133 g/mol. The molecule has 0 aromatic rings. The molecule has 0 unspecified atom stereocenters. The highest BCUT2D eigenvalue weighted by atomic mass is 19.1. The zero-order chi connectivity index (χ0) is 7.56. The normalized spacial score (nSPS) is 24.9. The van der Waals surface area contributed by atoms with Crippen LogP contribution in [-0.2, 0) is 4.79 Å². The molecule has 1 rings (SSSR count). The lowest BCUT2D eigenvalue weighted by Crippen LogP contribution is -2.26. The number of rotatable bonds is 1. The van der Waals surface area contributed by atoms with Crippen LogP contribution >= 0.6 is 0 Å². The van der Waals surface area contributed by atoms with Gasteiger partial charge in [-0.15, -0.1) is 0 Å². The van der Waals surface area contributed by atoms with Gasteiger partial charge >= 0.3 is 0 Å². The highest BCUT2D eigenvalue weighted by Gasteiger charge is 2.23. The van der Waals surface area contributed by atoms with Crippen LogP contribution < -0.4 is 0 Å². The Kier molecular flexibility index (Phi) is 2.04. The van der Waals surface area contributed by atoms with E-state index in [0.717, 1.165) is 0 Å². The Bertz CT molecular complexity index is 158. The summed E-state index contributed by atoms with van der Waals surface area (Å²) in [5, 5.41) is 0. The summed E-state index contributed by atoms with van der Waals surface area (Å²) in [6.45, 7) is 4.09. The van der Waals surface area contributed by atoms with Gasteiger partial charge in [0.05, 0.1) is 6.54 Å². The molecule has 56 valence electrons. The predicted octanol–water partition coefficient (Wildman–Crippen LogP) is 0.743. The largest absolute Gasteiger partial charge is 0.336 e. The molecule has 1 heterocycles. The second kappa shape index (κ2) is 2.82. The van der Waals surface area contributed by atoms with E-state index in [1.165, 1.54) is 11.0 Å². The van der Waals surface area contributed by atoms with E-state index in [1.807, 2.05) is 0 Å². The van der Waals surface area contributed by atoms with Crippen molar-refractivity contribution < 1.29 is 9.18 Å². The van der Waals surface area contributed by atoms with Gasteiger partial charge in [-0.2, -0.15) is 0 Å². The summed E-state index contributed by atoms with van der Waals surface area (Å²) < 4.78 is 12.4. The number of likely N-dealkylation sites (tertiary alicyclic amines) is 1. The van der Waals surface area contributed by atoms with Crippen molar-refractivity contribution in [2.75, 3.05) is 13.1 Å². The monoisotopic (exact) mass is 143 g/mol. The number of halogens is 1. The van der Waals surface area contributed by atoms with Gasteiger partial charge < -0.3 is 4.90 Å². The Morgan fingerprint density at radius 2 is 2.50 bits per heavy atom. The fraction of sp³-hybridized carbons (Fsp3) is 0.571. The maximum absolute atomic E-state index is 12.4. The van der Waals surface area contributed by atoms with Gasteiger partial charge in [0.2, 0.25) is 5.91 Å². The lowest BCUT2D eigenvalue weighted by atomic mass is 10.3. The van der Waals surface area contributed by atoms with Gasteiger partial charge in [-0.1, -0.05) is 6.58 Å². The van der Waals surface area contributed by atoms with Gasteiger partial charge in [0.15, 0.2) is 0 Å². The van der Waals surface area contributed by atoms with E-state index in [9.17, 15) is 9.18 Å². The molecule has 0 saturated carbocycles. The fourth-order valence-corrected chi connectivity index (χ4v) is 1.05. The third-order valence-corrected chi connectivity index (χ3v) is 1.62. The Morgan fingerprint density at radius 1 is 1.80 bits per heavy atom. The Morgan fingerprint density at radius 3 is 2.90 bits per heavy atom. The van der Waals surface area contributed by atoms with Crippen molar-refractivity contribution >= 4 is 5.91 Å². The lowest BCUT2D eigenvalue weighted by Gasteiger charge is -2.10. The van der Waals surface area contributed by atoms with E-state index in [0.29, 0.717) is 13.0 Å². The van der Waals surface area contributed by atoms with E-state index in [4.69, 9.17) is 0 Å². The third kappa shape index (κ3) is 1.35. The van der Waals surface area contributed by atoms with Crippen molar-refractivity contribution in [3.05, 3.63) is 12.7 Å². The first-order valence-corrected chi connectivity index (χ1v) is 3.29. The average molecular weight is 143 g/mol. The minimum Gasteiger partial charge on any atom is -0.336 e. The Labute approximate surface area is 59.3 Å². The summed E-state index contributed by atoms with van der Waals surface area (Å²) in [6.07, 6.45) is 0.862. The smallest absolute Gasteiger partial charge is 0.246 e. The van der Waals surface area contributed by atoms with E-state index in [-0.39, 0.29) is 12.5 Å². The van der Waals surface area contributed by atoms with Crippen LogP contribution in [0.2, 0.25) is 0 Å². The van der Waals surface area contributed by atoms with Gasteiger partial charge in [0.1, 0.15) is 6.17 Å². The summed E-state index contributed by atoms with van der Waals surface area (Å²) >= 11 is 0. The van der Waals surface area contributed by atoms with Crippen LogP contribution in [0.15, 0.2) is 12.7 Å². The van der Waals surface area contributed by atoms with Gasteiger partial charge in [-0.25, -0.2) is 4.39 Å². The van der Waals surface area contributed by atoms with Crippen LogP contribution in [0.1, 0.15) is 6.42 Å². The molecular formula is C7H10FNO. The standard InChI is InChI=1S/C7H10FNO/c1-2-7(10)9-4-3-6(8)5-9/h2,6H,1,3-5H2/t6-/m1/s1. The van der Waals surface area contributed by atoms with Crippen LogP contribution in [0.3, 0.4) is 0 Å². The first-order valence-electron chi connectivity index (χ1n) is 3.29. The zero-order valence-corrected chi connectivity index (χ0v) is 5.72. The summed E-state index contributed by atoms with van der Waals surface area (Å²) in [6, 6.07) is 0. The van der Waals surface area contributed by atoms with E-state index in [2.05, 4.69) is 6.58 Å². The van der Waals surface area contributed by atoms with Crippen LogP contribution in [0.4, 0.5) is 4.39 Å². The molecule has 0 bridgehead atoms. The van der Waals surface area contributed by atoms with Crippen molar-refractivity contribution in [2.24, 2.45) is 0 Å². The quantitative estimate of drug-likeness (QED) is 0.496. The van der Waals surface area contributed by atoms with E-state index < -0.39 is 6.17 Å². The number of alkyl halides is 1. The molecule has 0 aromatic heterocycles. The zero-order valence-electron chi connectivity index (χ0n) is 5.72. The molecule has 10 heavy (non-hydrogen) atoms. The minimum absolute atomic E-state index is 0.167. The second-order valence-corrected chi connectivity index (χ2v) is 2.37. The minimum atomic E-state index is -0.830. The summed E-state index contributed by atoms with van der Waals surface area (Å²) in [4.78, 5) is 12.3. The van der Waals surface area contributed by atoms with Crippen molar-refractivity contribution in [3.63, 3.8) is 0 Å². The number of carbonyl (C=O) groups excluding carboxylic acids is 1. The van der Waals surface area contributed by atoms with Crippen LogP contribution in [0, 0.1) is 0 Å². The van der Waals surface area contributed by atoms with E-state index >= 15 is 0 Å². The van der Waals surface area contributed by atoms with Crippen LogP contribution in [0.5, 0.6) is 0 Å². The molecule has 0 radical (unpaired) electrons. The Hall–Kier alpha value is -0.860. The molecule has 1 fully saturated rings. The molecule has 2 nitrogen and oxygen atoms in total. The van der Waals surface area contributed by atoms with Gasteiger partial charge in [0, 0.05) is 6.54 Å². The molecule has 1 aliphatic heterocycles. The van der Waals surface area contributed by atoms with Gasteiger partial charge in [-0.3, -0.25) is 4.79 Å². The molecule has 1 atom stereocenters. The third-order valence-electron chi connectivity index (χ3n) is 1.62. The number of hydrogen-bond donors (Lipinski definition) is 0. The van der Waals surface area contributed by atoms with E-state index in [1.54, 1.807) is 0 Å². The molecule has 0 aliphatic carbocycles. The number of nitrogens with zero attached hydrogens (tertiary/aromatic N) is 1. The average Bonchev–Trinajstić information content (AvgIpc) is 2.34. The SMILES string of the molecule is C=CC(=O)N1CC[C@@H](F)C1. The first kappa shape index (κ1) is 7.25. The summed E-state index contributed by atoms with van der Waals surface area (Å²) in [7, 11) is 0. The summed E-state index contributed by atoms with van der Waals surface area (Å²) in [5.41, 5.74) is 0. The Balaban J connectivity index is 2.44. The van der Waals surface area contributed by atoms with Crippen LogP contribution in [-0.4, -0.2) is 30.1 Å².